The molecule has 26 heavy (non-hydrogen) atoms. The lowest BCUT2D eigenvalue weighted by Crippen LogP contribution is -2.17. The molecule has 1 amide bonds. The molecular formula is C21H22N4O. The average molecular weight is 346 g/mol. The molecule has 0 unspecified atom stereocenters. The Hall–Kier alpha value is -2.92. The van der Waals surface area contributed by atoms with Gasteiger partial charge < -0.3 is 11.1 Å². The van der Waals surface area contributed by atoms with E-state index in [-0.39, 0.29) is 0 Å². The first-order valence-corrected chi connectivity index (χ1v) is 8.88. The third-order valence-electron chi connectivity index (χ3n) is 4.84. The molecule has 3 N–H and O–H groups in total. The third-order valence-corrected chi connectivity index (χ3v) is 4.84. The monoisotopic (exact) mass is 346 g/mol. The molecule has 3 aromatic rings. The molecule has 0 saturated heterocycles. The summed E-state index contributed by atoms with van der Waals surface area (Å²) in [6.07, 6.45) is 3.18. The zero-order valence-corrected chi connectivity index (χ0v) is 14.5. The number of nitrogens with one attached hydrogen (secondary N) is 1. The zero-order valence-electron chi connectivity index (χ0n) is 14.5. The summed E-state index contributed by atoms with van der Waals surface area (Å²) < 4.78 is 1.91. The van der Waals surface area contributed by atoms with Crippen molar-refractivity contribution in [2.24, 2.45) is 5.73 Å². The summed E-state index contributed by atoms with van der Waals surface area (Å²) in [5.41, 5.74) is 9.33. The average Bonchev–Trinajstić information content (AvgIpc) is 3.32. The number of hydrogen-bond donors (Lipinski definition) is 2. The zero-order chi connectivity index (χ0) is 17.9. The van der Waals surface area contributed by atoms with Gasteiger partial charge in [0.05, 0.1) is 12.2 Å². The summed E-state index contributed by atoms with van der Waals surface area (Å²) in [7, 11) is 0. The number of rotatable bonds is 7. The summed E-state index contributed by atoms with van der Waals surface area (Å²) in [5, 5.41) is 8.21. The first-order valence-electron chi connectivity index (χ1n) is 8.88. The van der Waals surface area contributed by atoms with Crippen LogP contribution in [-0.2, 0) is 13.1 Å². The highest BCUT2D eigenvalue weighted by Crippen LogP contribution is 2.40. The van der Waals surface area contributed by atoms with Gasteiger partial charge in [0.25, 0.3) is 0 Å². The van der Waals surface area contributed by atoms with Crippen molar-refractivity contribution in [3.05, 3.63) is 89.2 Å². The molecule has 1 fully saturated rings. The van der Waals surface area contributed by atoms with Gasteiger partial charge in [-0.3, -0.25) is 9.48 Å². The van der Waals surface area contributed by atoms with Crippen LogP contribution in [0.2, 0.25) is 0 Å². The van der Waals surface area contributed by atoms with Gasteiger partial charge in [-0.2, -0.15) is 5.10 Å². The van der Waals surface area contributed by atoms with Gasteiger partial charge in [-0.05, 0) is 35.7 Å². The molecule has 1 heterocycles. The highest BCUT2D eigenvalue weighted by Gasteiger charge is 2.37. The van der Waals surface area contributed by atoms with E-state index in [1.54, 1.807) is 12.1 Å². The van der Waals surface area contributed by atoms with Crippen LogP contribution in [0.15, 0.2) is 66.9 Å². The van der Waals surface area contributed by atoms with E-state index < -0.39 is 5.91 Å². The summed E-state index contributed by atoms with van der Waals surface area (Å²) in [4.78, 5) is 11.1. The Bertz CT molecular complexity index is 886. The second kappa shape index (κ2) is 7.14. The van der Waals surface area contributed by atoms with Crippen molar-refractivity contribution in [1.82, 2.24) is 15.1 Å². The largest absolute Gasteiger partial charge is 0.366 e. The lowest BCUT2D eigenvalue weighted by atomic mass is 10.1. The molecule has 1 aliphatic rings. The number of aromatic nitrogens is 2. The van der Waals surface area contributed by atoms with E-state index in [2.05, 4.69) is 40.7 Å². The number of nitrogens with zero attached hydrogens (tertiary/aromatic N) is 2. The molecule has 0 bridgehead atoms. The van der Waals surface area contributed by atoms with Gasteiger partial charge in [0.15, 0.2) is 0 Å². The van der Waals surface area contributed by atoms with Gasteiger partial charge in [-0.1, -0.05) is 42.5 Å². The van der Waals surface area contributed by atoms with Gasteiger partial charge in [0.2, 0.25) is 5.91 Å². The van der Waals surface area contributed by atoms with E-state index in [1.807, 2.05) is 29.1 Å². The Morgan fingerprint density at radius 2 is 1.88 bits per heavy atom. The molecule has 5 nitrogen and oxygen atoms in total. The highest BCUT2D eigenvalue weighted by atomic mass is 16.1. The molecule has 0 radical (unpaired) electrons. The van der Waals surface area contributed by atoms with Gasteiger partial charge in [0.1, 0.15) is 0 Å². The van der Waals surface area contributed by atoms with Crippen LogP contribution in [0.3, 0.4) is 0 Å². The van der Waals surface area contributed by atoms with E-state index >= 15 is 0 Å². The third kappa shape index (κ3) is 3.83. The molecule has 2 aromatic carbocycles. The Balaban J connectivity index is 1.29. The van der Waals surface area contributed by atoms with Crippen molar-refractivity contribution >= 4 is 5.91 Å². The summed E-state index contributed by atoms with van der Waals surface area (Å²) in [5.74, 6) is 0.222. The maximum atomic E-state index is 11.1. The number of carbonyl (C=O) groups excluding carboxylic acids is 1. The maximum Gasteiger partial charge on any atom is 0.248 e. The highest BCUT2D eigenvalue weighted by molar-refractivity contribution is 5.92. The van der Waals surface area contributed by atoms with Gasteiger partial charge in [0, 0.05) is 30.3 Å². The predicted octanol–water partition coefficient (Wildman–Crippen LogP) is 2.68. The Morgan fingerprint density at radius 1 is 1.12 bits per heavy atom. The number of carbonyl (C=O) groups is 1. The van der Waals surface area contributed by atoms with Crippen LogP contribution >= 0.6 is 0 Å². The lowest BCUT2D eigenvalue weighted by molar-refractivity contribution is 0.100. The molecule has 4 rings (SSSR count). The minimum atomic E-state index is -0.405. The van der Waals surface area contributed by atoms with Crippen molar-refractivity contribution in [3.8, 4) is 0 Å². The van der Waals surface area contributed by atoms with Crippen molar-refractivity contribution in [2.45, 2.75) is 31.5 Å². The molecule has 2 atom stereocenters. The van der Waals surface area contributed by atoms with E-state index in [1.165, 1.54) is 12.0 Å². The summed E-state index contributed by atoms with van der Waals surface area (Å²) >= 11 is 0. The SMILES string of the molecule is NC(=O)c1ccc(Cn2ccc(CN[C@@H]3C[C@H]3c3ccccc3)n2)cc1. The number of hydrogen-bond acceptors (Lipinski definition) is 3. The van der Waals surface area contributed by atoms with Crippen molar-refractivity contribution < 1.29 is 4.79 Å². The van der Waals surface area contributed by atoms with E-state index in [0.717, 1.165) is 17.8 Å². The topological polar surface area (TPSA) is 72.9 Å². The fraction of sp³-hybridized carbons (Fsp3) is 0.238. The number of primary amides is 1. The number of benzene rings is 2. The molecule has 0 aliphatic heterocycles. The van der Waals surface area contributed by atoms with Crippen LogP contribution < -0.4 is 11.1 Å². The molecule has 1 saturated carbocycles. The fourth-order valence-corrected chi connectivity index (χ4v) is 3.27. The minimum absolute atomic E-state index is 0.405. The molecule has 1 aromatic heterocycles. The number of nitrogens with two attached hydrogens (primary N) is 1. The van der Waals surface area contributed by atoms with Crippen molar-refractivity contribution in [3.63, 3.8) is 0 Å². The molecule has 1 aliphatic carbocycles. The molecular weight excluding hydrogens is 324 g/mol. The Kier molecular flexibility index (Phi) is 4.54. The van der Waals surface area contributed by atoms with Gasteiger partial charge in [-0.25, -0.2) is 0 Å². The minimum Gasteiger partial charge on any atom is -0.366 e. The standard InChI is InChI=1S/C21H22N4O/c22-21(26)17-8-6-15(7-9-17)14-25-11-10-18(24-25)13-23-20-12-19(20)16-4-2-1-3-5-16/h1-11,19-20,23H,12-14H2,(H2,22,26)/t19-,20+/m0/s1. The lowest BCUT2D eigenvalue weighted by Gasteiger charge is -2.04. The maximum absolute atomic E-state index is 11.1. The van der Waals surface area contributed by atoms with E-state index in [4.69, 9.17) is 5.73 Å². The van der Waals surface area contributed by atoms with E-state index in [0.29, 0.717) is 24.1 Å². The fourth-order valence-electron chi connectivity index (χ4n) is 3.27. The Labute approximate surface area is 152 Å². The van der Waals surface area contributed by atoms with Crippen LogP contribution in [0, 0.1) is 0 Å². The van der Waals surface area contributed by atoms with Gasteiger partial charge >= 0.3 is 0 Å². The molecule has 0 spiro atoms. The van der Waals surface area contributed by atoms with Crippen molar-refractivity contribution in [2.75, 3.05) is 0 Å². The second-order valence-electron chi connectivity index (χ2n) is 6.81. The van der Waals surface area contributed by atoms with Crippen molar-refractivity contribution in [1.29, 1.82) is 0 Å². The molecule has 132 valence electrons. The summed E-state index contributed by atoms with van der Waals surface area (Å²) in [6, 6.07) is 20.6. The first-order chi connectivity index (χ1) is 12.7. The smallest absolute Gasteiger partial charge is 0.248 e. The number of amides is 1. The molecule has 5 heteroatoms. The Morgan fingerprint density at radius 3 is 2.62 bits per heavy atom. The second-order valence-corrected chi connectivity index (χ2v) is 6.81. The van der Waals surface area contributed by atoms with Crippen LogP contribution in [-0.4, -0.2) is 21.7 Å². The van der Waals surface area contributed by atoms with Gasteiger partial charge in [-0.15, -0.1) is 0 Å². The van der Waals surface area contributed by atoms with Crippen LogP contribution in [0.4, 0.5) is 0 Å². The summed E-state index contributed by atoms with van der Waals surface area (Å²) in [6.45, 7) is 1.46. The van der Waals surface area contributed by atoms with E-state index in [9.17, 15) is 4.79 Å². The normalized spacial score (nSPS) is 18.6. The van der Waals surface area contributed by atoms with Crippen LogP contribution in [0.5, 0.6) is 0 Å². The van der Waals surface area contributed by atoms with Crippen LogP contribution in [0.1, 0.15) is 39.5 Å². The van der Waals surface area contributed by atoms with Crippen LogP contribution in [0.25, 0.3) is 0 Å². The predicted molar refractivity (Wildman–Crippen MR) is 101 cm³/mol. The first kappa shape index (κ1) is 16.5. The quantitative estimate of drug-likeness (QED) is 0.691.